The van der Waals surface area contributed by atoms with Gasteiger partial charge in [0.15, 0.2) is 5.82 Å². The van der Waals surface area contributed by atoms with E-state index in [-0.39, 0.29) is 35.3 Å². The van der Waals surface area contributed by atoms with E-state index in [4.69, 9.17) is 4.42 Å². The maximum Gasteiger partial charge on any atom is 0.326 e. The number of nitrogens with zero attached hydrogens (tertiary/aromatic N) is 4. The molecule has 0 spiro atoms. The molecule has 0 radical (unpaired) electrons. The van der Waals surface area contributed by atoms with Gasteiger partial charge in [0.2, 0.25) is 17.5 Å². The number of hydrogen-bond donors (Lipinski definition) is 3. The van der Waals surface area contributed by atoms with Crippen LogP contribution in [0.1, 0.15) is 75.6 Å². The van der Waals surface area contributed by atoms with Gasteiger partial charge >= 0.3 is 5.97 Å². The third kappa shape index (κ3) is 5.76. The standard InChI is InChI=1S/C27H34N6O5/c1-14(2)20(26(36)37)33(27(4,5)6)25(35)19-13-28-24(38-19)18-9-7-8-17(12-18)21-30-22(32-31-21)23(34)29-15(3)16-10-11-16/h7-9,12-16,20H,10-11H2,1-6H3,(H,29,34)(H,36,37)(H,30,31,32)/t15-,20-/m0/s1. The van der Waals surface area contributed by atoms with E-state index in [2.05, 4.69) is 25.5 Å². The molecule has 11 heteroatoms. The van der Waals surface area contributed by atoms with Gasteiger partial charge in [-0.25, -0.2) is 14.8 Å². The number of hydrogen-bond acceptors (Lipinski definition) is 7. The molecule has 3 N–H and O–H groups in total. The number of rotatable bonds is 9. The molecule has 2 aromatic heterocycles. The first-order chi connectivity index (χ1) is 17.9. The lowest BCUT2D eigenvalue weighted by molar-refractivity contribution is -0.146. The maximum atomic E-state index is 13.4. The summed E-state index contributed by atoms with van der Waals surface area (Å²) >= 11 is 0. The molecule has 1 aromatic carbocycles. The van der Waals surface area contributed by atoms with Gasteiger partial charge in [0.05, 0.1) is 6.20 Å². The molecule has 0 bridgehead atoms. The van der Waals surface area contributed by atoms with E-state index in [1.54, 1.807) is 58.9 Å². The first-order valence-electron chi connectivity index (χ1n) is 12.7. The molecule has 202 valence electrons. The number of carboxylic acids is 1. The number of carboxylic acid groups (broad SMARTS) is 1. The second kappa shape index (κ2) is 10.4. The Kier molecular flexibility index (Phi) is 7.39. The number of H-pyrrole nitrogens is 1. The summed E-state index contributed by atoms with van der Waals surface area (Å²) in [6, 6.07) is 6.11. The number of aromatic amines is 1. The van der Waals surface area contributed by atoms with Gasteiger partial charge in [-0.2, -0.15) is 5.10 Å². The second-order valence-corrected chi connectivity index (χ2v) is 11.1. The van der Waals surface area contributed by atoms with Crippen LogP contribution in [0.2, 0.25) is 0 Å². The topological polar surface area (TPSA) is 154 Å². The highest BCUT2D eigenvalue weighted by Gasteiger charge is 2.41. The Morgan fingerprint density at radius 3 is 2.45 bits per heavy atom. The fourth-order valence-corrected chi connectivity index (χ4v) is 4.44. The van der Waals surface area contributed by atoms with Crippen molar-refractivity contribution in [3.05, 3.63) is 42.0 Å². The molecule has 0 saturated heterocycles. The highest BCUT2D eigenvalue weighted by atomic mass is 16.4. The maximum absolute atomic E-state index is 13.4. The predicted molar refractivity (Wildman–Crippen MR) is 139 cm³/mol. The van der Waals surface area contributed by atoms with Gasteiger partial charge in [-0.05, 0) is 64.5 Å². The summed E-state index contributed by atoms with van der Waals surface area (Å²) in [5.74, 6) is -1.16. The van der Waals surface area contributed by atoms with E-state index < -0.39 is 23.5 Å². The van der Waals surface area contributed by atoms with Crippen molar-refractivity contribution >= 4 is 17.8 Å². The Bertz CT molecular complexity index is 1330. The summed E-state index contributed by atoms with van der Waals surface area (Å²) in [6.07, 6.45) is 3.55. The third-order valence-electron chi connectivity index (χ3n) is 6.58. The molecule has 4 rings (SSSR count). The average Bonchev–Trinajstić information content (AvgIpc) is 3.37. The van der Waals surface area contributed by atoms with Crippen LogP contribution in [0.3, 0.4) is 0 Å². The highest BCUT2D eigenvalue weighted by Crippen LogP contribution is 2.32. The van der Waals surface area contributed by atoms with Gasteiger partial charge in [-0.1, -0.05) is 26.0 Å². The van der Waals surface area contributed by atoms with Crippen molar-refractivity contribution in [2.75, 3.05) is 0 Å². The Morgan fingerprint density at radius 2 is 1.84 bits per heavy atom. The number of aliphatic carboxylic acids is 1. The third-order valence-corrected chi connectivity index (χ3v) is 6.58. The van der Waals surface area contributed by atoms with E-state index in [1.807, 2.05) is 6.92 Å². The lowest BCUT2D eigenvalue weighted by Crippen LogP contribution is -2.56. The lowest BCUT2D eigenvalue weighted by atomic mass is 9.95. The van der Waals surface area contributed by atoms with Crippen LogP contribution < -0.4 is 5.32 Å². The zero-order valence-electron chi connectivity index (χ0n) is 22.5. The van der Waals surface area contributed by atoms with Crippen molar-refractivity contribution < 1.29 is 23.9 Å². The van der Waals surface area contributed by atoms with Crippen molar-refractivity contribution in [3.8, 4) is 22.8 Å². The molecular formula is C27H34N6O5. The summed E-state index contributed by atoms with van der Waals surface area (Å²) in [5, 5.41) is 19.6. The largest absolute Gasteiger partial charge is 0.480 e. The van der Waals surface area contributed by atoms with Crippen LogP contribution in [0.25, 0.3) is 22.8 Å². The summed E-state index contributed by atoms with van der Waals surface area (Å²) in [6.45, 7) is 10.8. The number of nitrogens with one attached hydrogen (secondary N) is 2. The van der Waals surface area contributed by atoms with Gasteiger partial charge in [0.1, 0.15) is 6.04 Å². The fourth-order valence-electron chi connectivity index (χ4n) is 4.44. The molecule has 2 heterocycles. The molecule has 38 heavy (non-hydrogen) atoms. The number of carbonyl (C=O) groups is 3. The number of benzene rings is 1. The van der Waals surface area contributed by atoms with Crippen LogP contribution in [0, 0.1) is 11.8 Å². The quantitative estimate of drug-likeness (QED) is 0.381. The van der Waals surface area contributed by atoms with Crippen LogP contribution in [0.15, 0.2) is 34.9 Å². The van der Waals surface area contributed by atoms with Crippen molar-refractivity contribution in [3.63, 3.8) is 0 Å². The summed E-state index contributed by atoms with van der Waals surface area (Å²) in [7, 11) is 0. The molecule has 3 aromatic rings. The fraction of sp³-hybridized carbons (Fsp3) is 0.481. The zero-order chi connectivity index (χ0) is 27.8. The monoisotopic (exact) mass is 522 g/mol. The minimum Gasteiger partial charge on any atom is -0.480 e. The Hall–Kier alpha value is -4.02. The van der Waals surface area contributed by atoms with Crippen LogP contribution in [0.5, 0.6) is 0 Å². The Balaban J connectivity index is 1.56. The van der Waals surface area contributed by atoms with Gasteiger partial charge < -0.3 is 19.7 Å². The van der Waals surface area contributed by atoms with Crippen molar-refractivity contribution in [2.45, 2.75) is 72.0 Å². The zero-order valence-corrected chi connectivity index (χ0v) is 22.5. The molecule has 1 fully saturated rings. The number of aromatic nitrogens is 4. The molecule has 11 nitrogen and oxygen atoms in total. The number of oxazole rings is 1. The molecule has 0 unspecified atom stereocenters. The first-order valence-corrected chi connectivity index (χ1v) is 12.7. The normalized spacial score (nSPS) is 15.2. The summed E-state index contributed by atoms with van der Waals surface area (Å²) in [4.78, 5) is 47.9. The minimum atomic E-state index is -1.09. The van der Waals surface area contributed by atoms with E-state index >= 15 is 0 Å². The predicted octanol–water partition coefficient (Wildman–Crippen LogP) is 4.00. The Labute approximate surface area is 221 Å². The van der Waals surface area contributed by atoms with Crippen LogP contribution in [0.4, 0.5) is 0 Å². The van der Waals surface area contributed by atoms with E-state index in [0.717, 1.165) is 12.8 Å². The number of amides is 2. The van der Waals surface area contributed by atoms with Crippen LogP contribution >= 0.6 is 0 Å². The summed E-state index contributed by atoms with van der Waals surface area (Å²) < 4.78 is 5.82. The van der Waals surface area contributed by atoms with E-state index in [1.165, 1.54) is 11.1 Å². The van der Waals surface area contributed by atoms with Crippen molar-refractivity contribution in [2.24, 2.45) is 11.8 Å². The van der Waals surface area contributed by atoms with Crippen LogP contribution in [-0.2, 0) is 4.79 Å². The van der Waals surface area contributed by atoms with E-state index in [0.29, 0.717) is 22.9 Å². The van der Waals surface area contributed by atoms with Crippen molar-refractivity contribution in [1.82, 2.24) is 30.4 Å². The average molecular weight is 523 g/mol. The van der Waals surface area contributed by atoms with Gasteiger partial charge in [0.25, 0.3) is 11.8 Å². The smallest absolute Gasteiger partial charge is 0.326 e. The molecule has 2 amide bonds. The molecule has 2 atom stereocenters. The van der Waals surface area contributed by atoms with Gasteiger partial charge in [0, 0.05) is 22.7 Å². The highest BCUT2D eigenvalue weighted by molar-refractivity contribution is 5.95. The molecule has 1 saturated carbocycles. The second-order valence-electron chi connectivity index (χ2n) is 11.1. The number of carbonyl (C=O) groups excluding carboxylic acids is 2. The first kappa shape index (κ1) is 27.0. The summed E-state index contributed by atoms with van der Waals surface area (Å²) in [5.41, 5.74) is 0.422. The van der Waals surface area contributed by atoms with Gasteiger partial charge in [-0.3, -0.25) is 14.7 Å². The lowest BCUT2D eigenvalue weighted by Gasteiger charge is -2.40. The van der Waals surface area contributed by atoms with Crippen LogP contribution in [-0.4, -0.2) is 65.6 Å². The minimum absolute atomic E-state index is 0.0612. The molecular weight excluding hydrogens is 488 g/mol. The Morgan fingerprint density at radius 1 is 1.16 bits per heavy atom. The van der Waals surface area contributed by atoms with Crippen molar-refractivity contribution in [1.29, 1.82) is 0 Å². The van der Waals surface area contributed by atoms with Gasteiger partial charge in [-0.15, -0.1) is 0 Å². The van der Waals surface area contributed by atoms with E-state index in [9.17, 15) is 19.5 Å². The molecule has 0 aliphatic heterocycles. The SMILES string of the molecule is CC(C)[C@@H](C(=O)O)N(C(=O)c1cnc(-c2cccc(-c3n[nH]c(C(=O)N[C@@H](C)C4CC4)n3)c2)o1)C(C)(C)C. The molecule has 1 aliphatic rings. The molecule has 1 aliphatic carbocycles.